The van der Waals surface area contributed by atoms with Gasteiger partial charge in [0.15, 0.2) is 0 Å². The molecule has 0 unspecified atom stereocenters. The zero-order valence-corrected chi connectivity index (χ0v) is 18.6. The third-order valence-corrected chi connectivity index (χ3v) is 5.24. The summed E-state index contributed by atoms with van der Waals surface area (Å²) in [7, 11) is 0. The second-order valence-electron chi connectivity index (χ2n) is 8.05. The van der Waals surface area contributed by atoms with Gasteiger partial charge in [0, 0.05) is 12.5 Å². The summed E-state index contributed by atoms with van der Waals surface area (Å²) >= 11 is 0. The quantitative estimate of drug-likeness (QED) is 0.308. The molecule has 0 saturated carbocycles. The van der Waals surface area contributed by atoms with Gasteiger partial charge in [0.25, 0.3) is 0 Å². The second-order valence-corrected chi connectivity index (χ2v) is 8.05. The summed E-state index contributed by atoms with van der Waals surface area (Å²) in [5.41, 5.74) is -2.18. The van der Waals surface area contributed by atoms with E-state index in [2.05, 4.69) is 10.1 Å². The summed E-state index contributed by atoms with van der Waals surface area (Å²) in [6, 6.07) is 13.6. The number of amides is 1. The maximum Gasteiger partial charge on any atom is 0.461 e. The summed E-state index contributed by atoms with van der Waals surface area (Å²) in [5, 5.41) is 2.19. The molecule has 1 N–H and O–H groups in total. The predicted molar refractivity (Wildman–Crippen MR) is 114 cm³/mol. The lowest BCUT2D eigenvalue weighted by atomic mass is 9.77. The van der Waals surface area contributed by atoms with Crippen molar-refractivity contribution in [3.63, 3.8) is 0 Å². The van der Waals surface area contributed by atoms with Crippen LogP contribution in [0.15, 0.2) is 72.8 Å². The highest BCUT2D eigenvalue weighted by Gasteiger charge is 2.45. The predicted octanol–water partition coefficient (Wildman–Crippen LogP) is 6.76. The average molecular weight is 535 g/mol. The molecule has 1 amide bonds. The van der Waals surface area contributed by atoms with Crippen LogP contribution < -0.4 is 10.1 Å². The SMILES string of the molecule is O=C(CC(F)(F)F)N[C@](Cc1ccccc1)(c1ccc(F)cc1)c1cc(F)cc(OC(F)(F)C(F)F)c1. The van der Waals surface area contributed by atoms with Crippen LogP contribution in [0.5, 0.6) is 5.75 Å². The smallest absolute Gasteiger partial charge is 0.428 e. The lowest BCUT2D eigenvalue weighted by Gasteiger charge is -2.37. The number of alkyl halides is 7. The lowest BCUT2D eigenvalue weighted by molar-refractivity contribution is -0.253. The first-order chi connectivity index (χ1) is 17.2. The minimum absolute atomic E-state index is 0.0505. The number of nitrogens with one attached hydrogen (secondary N) is 1. The van der Waals surface area contributed by atoms with Crippen LogP contribution in [0.1, 0.15) is 23.1 Å². The highest BCUT2D eigenvalue weighted by molar-refractivity contribution is 5.78. The number of hydrogen-bond donors (Lipinski definition) is 1. The van der Waals surface area contributed by atoms with Crippen molar-refractivity contribution in [2.45, 2.75) is 37.1 Å². The van der Waals surface area contributed by atoms with Gasteiger partial charge in [-0.05, 0) is 41.0 Å². The summed E-state index contributed by atoms with van der Waals surface area (Å²) in [6.45, 7) is 0. The zero-order chi connectivity index (χ0) is 27.4. The van der Waals surface area contributed by atoms with Crippen LogP contribution in [0, 0.1) is 11.6 Å². The fourth-order valence-electron chi connectivity index (χ4n) is 3.73. The Labute approximate surface area is 204 Å². The van der Waals surface area contributed by atoms with Gasteiger partial charge >= 0.3 is 18.7 Å². The van der Waals surface area contributed by atoms with Gasteiger partial charge in [-0.15, -0.1) is 0 Å². The maximum absolute atomic E-state index is 14.6. The number of rotatable bonds is 9. The monoisotopic (exact) mass is 535 g/mol. The number of carbonyl (C=O) groups is 1. The molecule has 0 saturated heterocycles. The molecule has 0 aliphatic rings. The molecule has 1 atom stereocenters. The first kappa shape index (κ1) is 27.9. The summed E-state index contributed by atoms with van der Waals surface area (Å²) in [4.78, 5) is 12.5. The fraction of sp³-hybridized carbons (Fsp3) is 0.240. The Morgan fingerprint density at radius 2 is 1.43 bits per heavy atom. The molecular weight excluding hydrogens is 517 g/mol. The van der Waals surface area contributed by atoms with Crippen LogP contribution in [-0.4, -0.2) is 24.6 Å². The van der Waals surface area contributed by atoms with E-state index in [1.807, 2.05) is 0 Å². The molecule has 12 heteroatoms. The van der Waals surface area contributed by atoms with Gasteiger partial charge in [0.1, 0.15) is 23.8 Å². The Balaban J connectivity index is 2.25. The van der Waals surface area contributed by atoms with E-state index in [9.17, 15) is 44.3 Å². The molecule has 3 rings (SSSR count). The number of hydrogen-bond acceptors (Lipinski definition) is 2. The van der Waals surface area contributed by atoms with Crippen molar-refractivity contribution in [1.29, 1.82) is 0 Å². The molecule has 37 heavy (non-hydrogen) atoms. The zero-order valence-electron chi connectivity index (χ0n) is 18.6. The van der Waals surface area contributed by atoms with Crippen molar-refractivity contribution < 1.29 is 49.0 Å². The van der Waals surface area contributed by atoms with E-state index in [4.69, 9.17) is 0 Å². The number of carbonyl (C=O) groups excluding carboxylic acids is 1. The molecule has 0 spiro atoms. The molecular formula is C25H18F9NO2. The lowest BCUT2D eigenvalue weighted by Crippen LogP contribution is -2.49. The Hall–Kier alpha value is -3.70. The Morgan fingerprint density at radius 1 is 0.811 bits per heavy atom. The summed E-state index contributed by atoms with van der Waals surface area (Å²) in [6.07, 6.45) is -16.6. The van der Waals surface area contributed by atoms with E-state index in [-0.39, 0.29) is 12.0 Å². The molecule has 0 bridgehead atoms. The van der Waals surface area contributed by atoms with Gasteiger partial charge in [-0.3, -0.25) is 4.79 Å². The standard InChI is InChI=1S/C25H18F9NO2/c26-18-8-6-16(7-9-18)23(13-15-4-2-1-3-5-15,35-21(36)14-24(30,31)32)17-10-19(27)12-20(11-17)37-25(33,34)22(28)29/h1-12,22H,13-14H2,(H,35,36)/t23-/m1/s1. The highest BCUT2D eigenvalue weighted by Crippen LogP contribution is 2.38. The maximum atomic E-state index is 14.6. The van der Waals surface area contributed by atoms with Crippen molar-refractivity contribution in [3.05, 3.63) is 101 Å². The van der Waals surface area contributed by atoms with E-state index in [0.29, 0.717) is 23.8 Å². The van der Waals surface area contributed by atoms with Crippen LogP contribution >= 0.6 is 0 Å². The second kappa shape index (κ2) is 10.7. The number of halogens is 9. The largest absolute Gasteiger partial charge is 0.461 e. The number of ether oxygens (including phenoxy) is 1. The molecule has 0 fully saturated rings. The number of benzene rings is 3. The van der Waals surface area contributed by atoms with Crippen molar-refractivity contribution >= 4 is 5.91 Å². The first-order valence-corrected chi connectivity index (χ1v) is 10.5. The van der Waals surface area contributed by atoms with Gasteiger partial charge in [0.2, 0.25) is 5.91 Å². The van der Waals surface area contributed by atoms with Gasteiger partial charge in [-0.1, -0.05) is 42.5 Å². The topological polar surface area (TPSA) is 38.3 Å². The van der Waals surface area contributed by atoms with E-state index >= 15 is 0 Å². The van der Waals surface area contributed by atoms with Crippen LogP contribution in [0.25, 0.3) is 0 Å². The minimum Gasteiger partial charge on any atom is -0.428 e. The molecule has 0 aliphatic carbocycles. The van der Waals surface area contributed by atoms with E-state index in [1.54, 1.807) is 18.2 Å². The van der Waals surface area contributed by atoms with Crippen molar-refractivity contribution in [2.75, 3.05) is 0 Å². The molecule has 0 radical (unpaired) electrons. The molecule has 0 aliphatic heterocycles. The van der Waals surface area contributed by atoms with Gasteiger partial charge < -0.3 is 10.1 Å². The first-order valence-electron chi connectivity index (χ1n) is 10.5. The Morgan fingerprint density at radius 3 is 2.00 bits per heavy atom. The van der Waals surface area contributed by atoms with E-state index < -0.39 is 59.5 Å². The Kier molecular flexibility index (Phi) is 8.09. The van der Waals surface area contributed by atoms with Crippen molar-refractivity contribution in [3.8, 4) is 5.75 Å². The van der Waals surface area contributed by atoms with Crippen molar-refractivity contribution in [2.24, 2.45) is 0 Å². The third kappa shape index (κ3) is 7.17. The molecule has 198 valence electrons. The summed E-state index contributed by atoms with van der Waals surface area (Å²) in [5.74, 6) is -4.68. The third-order valence-electron chi connectivity index (χ3n) is 5.24. The van der Waals surface area contributed by atoms with Gasteiger partial charge in [-0.25, -0.2) is 8.78 Å². The summed E-state index contributed by atoms with van der Waals surface area (Å²) < 4.78 is 124. The molecule has 0 aromatic heterocycles. The minimum atomic E-state index is -5.03. The average Bonchev–Trinajstić information content (AvgIpc) is 2.77. The van der Waals surface area contributed by atoms with Crippen LogP contribution in [-0.2, 0) is 16.8 Å². The van der Waals surface area contributed by atoms with E-state index in [1.165, 1.54) is 12.1 Å². The van der Waals surface area contributed by atoms with Gasteiger partial charge in [0.05, 0.1) is 5.54 Å². The van der Waals surface area contributed by atoms with Crippen LogP contribution in [0.4, 0.5) is 39.5 Å². The van der Waals surface area contributed by atoms with E-state index in [0.717, 1.165) is 24.3 Å². The Bertz CT molecular complexity index is 1220. The molecule has 3 aromatic carbocycles. The normalized spacial score (nSPS) is 13.8. The van der Waals surface area contributed by atoms with Gasteiger partial charge in [-0.2, -0.15) is 30.7 Å². The van der Waals surface area contributed by atoms with Crippen LogP contribution in [0.3, 0.4) is 0 Å². The highest BCUT2D eigenvalue weighted by atomic mass is 19.4. The van der Waals surface area contributed by atoms with Crippen molar-refractivity contribution in [1.82, 2.24) is 5.32 Å². The molecule has 3 nitrogen and oxygen atoms in total. The van der Waals surface area contributed by atoms with Crippen LogP contribution in [0.2, 0.25) is 0 Å². The molecule has 0 heterocycles. The fourth-order valence-corrected chi connectivity index (χ4v) is 3.73. The molecule has 3 aromatic rings.